The van der Waals surface area contributed by atoms with E-state index in [2.05, 4.69) is 13.6 Å². The zero-order chi connectivity index (χ0) is 7.14. The summed E-state index contributed by atoms with van der Waals surface area (Å²) >= 11 is 0. The molecule has 52 valence electrons. The number of hydrogen-bond acceptors (Lipinski definition) is 0. The fourth-order valence-electron chi connectivity index (χ4n) is 2.57. The van der Waals surface area contributed by atoms with Crippen LogP contribution in [0.15, 0.2) is 11.1 Å². The first-order valence-corrected chi connectivity index (χ1v) is 4.45. The van der Waals surface area contributed by atoms with Gasteiger partial charge in [-0.1, -0.05) is 50.1 Å². The minimum atomic E-state index is 0.970. The molecule has 2 rings (SSSR count). The van der Waals surface area contributed by atoms with Gasteiger partial charge < -0.3 is 0 Å². The van der Waals surface area contributed by atoms with E-state index in [9.17, 15) is 0 Å². The Hall–Kier alpha value is -0.130. The lowest BCUT2D eigenvalue weighted by molar-refractivity contribution is 1.34. The molecule has 0 N–H and O–H groups in total. The molecule has 0 atom stereocenters. The Morgan fingerprint density at radius 3 is 1.40 bits per heavy atom. The molecular weight excluding hydrogens is 118 g/mol. The summed E-state index contributed by atoms with van der Waals surface area (Å²) in [6, 6.07) is 0. The Bertz CT molecular complexity index is 148. The van der Waals surface area contributed by atoms with E-state index >= 15 is 0 Å². The molecule has 0 saturated carbocycles. The van der Waals surface area contributed by atoms with Gasteiger partial charge in [-0.2, -0.15) is 0 Å². The monoisotopic (exact) mass is 132 g/mol. The summed E-state index contributed by atoms with van der Waals surface area (Å²) < 4.78 is 0. The van der Waals surface area contributed by atoms with Crippen LogP contribution in [-0.2, 0) is 0 Å². The van der Waals surface area contributed by atoms with E-state index in [1.807, 2.05) is 11.1 Å². The lowest BCUT2D eigenvalue weighted by Gasteiger charge is -2.02. The van der Waals surface area contributed by atoms with Gasteiger partial charge in [0.05, 0.1) is 0 Å². The summed E-state index contributed by atoms with van der Waals surface area (Å²) in [6.07, 6.45) is 5.67. The smallest absolute Gasteiger partial charge is 0.0867 e. The van der Waals surface area contributed by atoms with Crippen molar-refractivity contribution in [2.24, 2.45) is 0 Å². The Kier molecular flexibility index (Phi) is 1.43. The largest absolute Gasteiger partial charge is 0.145 e. The quantitative estimate of drug-likeness (QED) is 0.350. The predicted octanol–water partition coefficient (Wildman–Crippen LogP) is 2.56. The third-order valence-corrected chi connectivity index (χ3v) is 2.88. The SMILES string of the molecule is CB1CC2=C(C1)CB(C)C2. The summed E-state index contributed by atoms with van der Waals surface area (Å²) in [5.74, 6) is 0. The van der Waals surface area contributed by atoms with Crippen LogP contribution in [0.4, 0.5) is 0 Å². The molecule has 0 aromatic heterocycles. The first-order valence-electron chi connectivity index (χ1n) is 4.45. The van der Waals surface area contributed by atoms with Gasteiger partial charge in [-0.25, -0.2) is 0 Å². The molecule has 10 heavy (non-hydrogen) atoms. The first kappa shape index (κ1) is 6.57. The molecule has 0 radical (unpaired) electrons. The zero-order valence-electron chi connectivity index (χ0n) is 6.98. The summed E-state index contributed by atoms with van der Waals surface area (Å²) in [5, 5.41) is 0. The minimum Gasteiger partial charge on any atom is -0.0867 e. The fraction of sp³-hybridized carbons (Fsp3) is 0.750. The van der Waals surface area contributed by atoms with Crippen LogP contribution in [0.1, 0.15) is 0 Å². The highest BCUT2D eigenvalue weighted by atomic mass is 14.1. The van der Waals surface area contributed by atoms with Crippen molar-refractivity contribution in [2.75, 3.05) is 0 Å². The van der Waals surface area contributed by atoms with E-state index in [1.54, 1.807) is 0 Å². The van der Waals surface area contributed by atoms with Gasteiger partial charge in [0, 0.05) is 0 Å². The second kappa shape index (κ2) is 2.18. The topological polar surface area (TPSA) is 0 Å². The lowest BCUT2D eigenvalue weighted by Crippen LogP contribution is -2.07. The van der Waals surface area contributed by atoms with Crippen LogP contribution in [0.3, 0.4) is 0 Å². The molecule has 0 fully saturated rings. The fourth-order valence-corrected chi connectivity index (χ4v) is 2.57. The maximum atomic E-state index is 2.38. The second-order valence-electron chi connectivity index (χ2n) is 4.23. The molecule has 2 aliphatic rings. The normalized spacial score (nSPS) is 24.6. The highest BCUT2D eigenvalue weighted by Gasteiger charge is 2.30. The van der Waals surface area contributed by atoms with Crippen molar-refractivity contribution in [3.8, 4) is 0 Å². The number of rotatable bonds is 0. The second-order valence-corrected chi connectivity index (χ2v) is 4.23. The van der Waals surface area contributed by atoms with Crippen molar-refractivity contribution in [1.29, 1.82) is 0 Å². The molecule has 0 nitrogen and oxygen atoms in total. The number of hydrogen-bond donors (Lipinski definition) is 0. The molecular formula is C8H14B2. The van der Waals surface area contributed by atoms with Crippen LogP contribution < -0.4 is 0 Å². The lowest BCUT2D eigenvalue weighted by atomic mass is 9.42. The Morgan fingerprint density at radius 1 is 0.800 bits per heavy atom. The molecule has 0 unspecified atom stereocenters. The van der Waals surface area contributed by atoms with E-state index in [0.29, 0.717) is 0 Å². The zero-order valence-corrected chi connectivity index (χ0v) is 6.98. The third-order valence-electron chi connectivity index (χ3n) is 2.88. The van der Waals surface area contributed by atoms with Crippen LogP contribution in [0.5, 0.6) is 0 Å². The molecule has 0 aliphatic carbocycles. The molecule has 0 saturated heterocycles. The van der Waals surface area contributed by atoms with Crippen molar-refractivity contribution < 1.29 is 0 Å². The maximum absolute atomic E-state index is 2.38. The van der Waals surface area contributed by atoms with E-state index in [1.165, 1.54) is 25.3 Å². The van der Waals surface area contributed by atoms with E-state index in [0.717, 1.165) is 13.4 Å². The third kappa shape index (κ3) is 0.941. The van der Waals surface area contributed by atoms with Crippen LogP contribution in [0, 0.1) is 0 Å². The minimum absolute atomic E-state index is 0.970. The van der Waals surface area contributed by atoms with E-state index in [4.69, 9.17) is 0 Å². The highest BCUT2D eigenvalue weighted by molar-refractivity contribution is 6.65. The van der Waals surface area contributed by atoms with E-state index in [-0.39, 0.29) is 0 Å². The van der Waals surface area contributed by atoms with Crippen molar-refractivity contribution in [2.45, 2.75) is 38.9 Å². The molecule has 2 aliphatic heterocycles. The molecule has 2 heterocycles. The molecule has 2 heteroatoms. The van der Waals surface area contributed by atoms with Crippen molar-refractivity contribution in [3.63, 3.8) is 0 Å². The Balaban J connectivity index is 2.09. The van der Waals surface area contributed by atoms with Crippen LogP contribution >= 0.6 is 0 Å². The molecule has 0 spiro atoms. The highest BCUT2D eigenvalue weighted by Crippen LogP contribution is 2.40. The van der Waals surface area contributed by atoms with Gasteiger partial charge in [0.2, 0.25) is 0 Å². The summed E-state index contributed by atoms with van der Waals surface area (Å²) in [6.45, 7) is 6.70. The van der Waals surface area contributed by atoms with Gasteiger partial charge in [0.25, 0.3) is 0 Å². The van der Waals surface area contributed by atoms with Crippen LogP contribution in [0.2, 0.25) is 38.9 Å². The first-order chi connectivity index (χ1) is 4.75. The predicted molar refractivity (Wildman–Crippen MR) is 49.5 cm³/mol. The summed E-state index contributed by atoms with van der Waals surface area (Å²) in [5.41, 5.74) is 3.64. The van der Waals surface area contributed by atoms with Crippen LogP contribution in [-0.4, -0.2) is 13.4 Å². The van der Waals surface area contributed by atoms with Gasteiger partial charge in [0.1, 0.15) is 13.4 Å². The van der Waals surface area contributed by atoms with Gasteiger partial charge in [-0.15, -0.1) is 0 Å². The van der Waals surface area contributed by atoms with Gasteiger partial charge >= 0.3 is 0 Å². The van der Waals surface area contributed by atoms with Gasteiger partial charge in [0.15, 0.2) is 0 Å². The Morgan fingerprint density at radius 2 is 1.10 bits per heavy atom. The number of allylic oxidation sites excluding steroid dienone is 2. The van der Waals surface area contributed by atoms with Crippen molar-refractivity contribution in [1.82, 2.24) is 0 Å². The molecule has 0 aromatic carbocycles. The summed E-state index contributed by atoms with van der Waals surface area (Å²) in [7, 11) is 0. The Labute approximate surface area is 64.2 Å². The maximum Gasteiger partial charge on any atom is 0.145 e. The van der Waals surface area contributed by atoms with Crippen molar-refractivity contribution in [3.05, 3.63) is 11.1 Å². The average molecular weight is 132 g/mol. The molecule has 0 bridgehead atoms. The standard InChI is InChI=1S/C8H14B2/c1-9-3-7-5-10(2)6-8(7)4-9/h3-6H2,1-2H3. The van der Waals surface area contributed by atoms with Gasteiger partial charge in [-0.3, -0.25) is 0 Å². The van der Waals surface area contributed by atoms with Gasteiger partial charge in [-0.05, 0) is 0 Å². The molecule has 0 aromatic rings. The molecule has 0 amide bonds. The van der Waals surface area contributed by atoms with Crippen molar-refractivity contribution >= 4 is 13.4 Å². The van der Waals surface area contributed by atoms with E-state index < -0.39 is 0 Å². The van der Waals surface area contributed by atoms with Crippen LogP contribution in [0.25, 0.3) is 0 Å². The summed E-state index contributed by atoms with van der Waals surface area (Å²) in [4.78, 5) is 0. The average Bonchev–Trinajstić information content (AvgIpc) is 2.21.